The molecule has 1 aliphatic carbocycles. The van der Waals surface area contributed by atoms with Crippen LogP contribution < -0.4 is 24.5 Å². The van der Waals surface area contributed by atoms with Crippen molar-refractivity contribution in [1.29, 1.82) is 0 Å². The van der Waals surface area contributed by atoms with E-state index in [2.05, 4.69) is 65.6 Å². The molecule has 0 amide bonds. The number of thiazole rings is 1. The number of fused-ring (bicyclic) bond motifs is 3. The van der Waals surface area contributed by atoms with E-state index in [1.807, 2.05) is 36.9 Å². The molecule has 0 saturated heterocycles. The van der Waals surface area contributed by atoms with Crippen LogP contribution in [0.4, 0.5) is 5.69 Å². The summed E-state index contributed by atoms with van der Waals surface area (Å²) in [5, 5.41) is 0. The number of aryl methyl sites for hydroxylation is 1. The lowest BCUT2D eigenvalue weighted by atomic mass is 9.83. The fourth-order valence-corrected chi connectivity index (χ4v) is 6.13. The third-order valence-electron chi connectivity index (χ3n) is 7.01. The molecule has 6 rings (SSSR count). The summed E-state index contributed by atoms with van der Waals surface area (Å²) in [6.07, 6.45) is 3.80. The number of rotatable bonds is 4. The molecule has 5 nitrogen and oxygen atoms in total. The molecule has 1 atom stereocenters. The van der Waals surface area contributed by atoms with Gasteiger partial charge in [-0.25, -0.2) is 4.99 Å². The van der Waals surface area contributed by atoms with E-state index in [-0.39, 0.29) is 11.6 Å². The molecule has 1 aromatic heterocycles. The van der Waals surface area contributed by atoms with E-state index < -0.39 is 0 Å². The Morgan fingerprint density at radius 1 is 1.00 bits per heavy atom. The van der Waals surface area contributed by atoms with Gasteiger partial charge >= 0.3 is 0 Å². The fourth-order valence-electron chi connectivity index (χ4n) is 5.13. The number of hydrogen-bond acceptors (Lipinski definition) is 5. The summed E-state index contributed by atoms with van der Waals surface area (Å²) in [5.74, 6) is 0.801. The van der Waals surface area contributed by atoms with Crippen LogP contribution in [0, 0.1) is 0 Å². The molecule has 36 heavy (non-hydrogen) atoms. The number of nitrogens with zero attached hydrogens (tertiary/aromatic N) is 3. The third kappa shape index (κ3) is 3.78. The van der Waals surface area contributed by atoms with Crippen molar-refractivity contribution in [2.45, 2.75) is 18.9 Å². The monoisotopic (exact) mass is 493 g/mol. The Kier molecular flexibility index (Phi) is 5.61. The molecule has 180 valence electrons. The van der Waals surface area contributed by atoms with Crippen LogP contribution in [0.3, 0.4) is 0 Å². The largest absolute Gasteiger partial charge is 0.497 e. The highest BCUT2D eigenvalue weighted by molar-refractivity contribution is 7.07. The Balaban J connectivity index is 1.56. The van der Waals surface area contributed by atoms with Crippen molar-refractivity contribution in [1.82, 2.24) is 4.57 Å². The van der Waals surface area contributed by atoms with Gasteiger partial charge in [-0.3, -0.25) is 9.36 Å². The van der Waals surface area contributed by atoms with Crippen molar-refractivity contribution in [2.75, 3.05) is 26.1 Å². The summed E-state index contributed by atoms with van der Waals surface area (Å²) in [7, 11) is 5.71. The van der Waals surface area contributed by atoms with Crippen molar-refractivity contribution < 1.29 is 4.74 Å². The highest BCUT2D eigenvalue weighted by Gasteiger charge is 2.32. The molecule has 0 radical (unpaired) electrons. The van der Waals surface area contributed by atoms with Gasteiger partial charge in [-0.05, 0) is 65.4 Å². The predicted octanol–water partition coefficient (Wildman–Crippen LogP) is 4.39. The SMILES string of the molecule is COc1ccc(C2C3=C(N=c4s/c(=C\c5ccc(N(C)C)cc5)c(=O)n42)c2ccccc2CC3)cc1. The molecule has 0 spiro atoms. The Labute approximate surface area is 213 Å². The number of methoxy groups -OCH3 is 1. The molecule has 3 aromatic carbocycles. The molecule has 1 aliphatic heterocycles. The number of ether oxygens (including phenoxy) is 1. The molecule has 2 aliphatic rings. The lowest BCUT2D eigenvalue weighted by molar-refractivity contribution is 0.414. The van der Waals surface area contributed by atoms with Crippen molar-refractivity contribution in [3.63, 3.8) is 0 Å². The van der Waals surface area contributed by atoms with Crippen LogP contribution in [-0.4, -0.2) is 25.8 Å². The molecule has 2 heterocycles. The first-order valence-corrected chi connectivity index (χ1v) is 12.9. The molecule has 0 bridgehead atoms. The summed E-state index contributed by atoms with van der Waals surface area (Å²) in [6, 6.07) is 24.6. The third-order valence-corrected chi connectivity index (χ3v) is 7.99. The quantitative estimate of drug-likeness (QED) is 0.424. The minimum absolute atomic E-state index is 0.00154. The number of aromatic nitrogens is 1. The fraction of sp³-hybridized carbons (Fsp3) is 0.200. The van der Waals surface area contributed by atoms with Gasteiger partial charge in [-0.15, -0.1) is 0 Å². The average molecular weight is 494 g/mol. The van der Waals surface area contributed by atoms with Gasteiger partial charge in [-0.2, -0.15) is 0 Å². The van der Waals surface area contributed by atoms with Crippen molar-refractivity contribution in [3.05, 3.63) is 120 Å². The van der Waals surface area contributed by atoms with Crippen LogP contribution in [0.5, 0.6) is 5.75 Å². The number of benzene rings is 3. The predicted molar refractivity (Wildman–Crippen MR) is 147 cm³/mol. The Morgan fingerprint density at radius 3 is 2.47 bits per heavy atom. The van der Waals surface area contributed by atoms with Gasteiger partial charge in [0, 0.05) is 25.3 Å². The van der Waals surface area contributed by atoms with Gasteiger partial charge in [0.05, 0.1) is 23.4 Å². The molecule has 6 heteroatoms. The summed E-state index contributed by atoms with van der Waals surface area (Å²) < 4.78 is 7.97. The summed E-state index contributed by atoms with van der Waals surface area (Å²) in [4.78, 5) is 21.7. The first-order valence-electron chi connectivity index (χ1n) is 12.1. The molecule has 0 saturated carbocycles. The van der Waals surface area contributed by atoms with Gasteiger partial charge < -0.3 is 9.64 Å². The number of hydrogen-bond donors (Lipinski definition) is 0. The molecular weight excluding hydrogens is 466 g/mol. The van der Waals surface area contributed by atoms with Crippen LogP contribution in [-0.2, 0) is 6.42 Å². The molecule has 4 aromatic rings. The van der Waals surface area contributed by atoms with Gasteiger partial charge in [0.15, 0.2) is 4.80 Å². The van der Waals surface area contributed by atoms with E-state index in [1.54, 1.807) is 7.11 Å². The second kappa shape index (κ2) is 8.95. The zero-order chi connectivity index (χ0) is 24.8. The lowest BCUT2D eigenvalue weighted by Gasteiger charge is -2.30. The second-order valence-corrected chi connectivity index (χ2v) is 10.4. The normalized spacial score (nSPS) is 16.6. The van der Waals surface area contributed by atoms with E-state index in [0.29, 0.717) is 4.53 Å². The van der Waals surface area contributed by atoms with Gasteiger partial charge in [0.25, 0.3) is 5.56 Å². The Bertz CT molecular complexity index is 1660. The van der Waals surface area contributed by atoms with Gasteiger partial charge in [0.2, 0.25) is 0 Å². The summed E-state index contributed by atoms with van der Waals surface area (Å²) in [6.45, 7) is 0. The van der Waals surface area contributed by atoms with Crippen LogP contribution in [0.15, 0.2) is 88.2 Å². The van der Waals surface area contributed by atoms with E-state index in [1.165, 1.54) is 28.0 Å². The maximum Gasteiger partial charge on any atom is 0.271 e. The average Bonchev–Trinajstić information content (AvgIpc) is 3.22. The molecule has 0 fully saturated rings. The number of allylic oxidation sites excluding steroid dienone is 1. The Morgan fingerprint density at radius 2 is 1.75 bits per heavy atom. The van der Waals surface area contributed by atoms with Gasteiger partial charge in [0.1, 0.15) is 5.75 Å². The molecule has 0 N–H and O–H groups in total. The first kappa shape index (κ1) is 22.6. The van der Waals surface area contributed by atoms with E-state index in [0.717, 1.165) is 45.9 Å². The van der Waals surface area contributed by atoms with Crippen molar-refractivity contribution >= 4 is 28.8 Å². The van der Waals surface area contributed by atoms with E-state index in [9.17, 15) is 4.79 Å². The van der Waals surface area contributed by atoms with Gasteiger partial charge in [-0.1, -0.05) is 59.9 Å². The van der Waals surface area contributed by atoms with Crippen LogP contribution in [0.2, 0.25) is 0 Å². The summed E-state index contributed by atoms with van der Waals surface area (Å²) in [5.41, 5.74) is 7.90. The van der Waals surface area contributed by atoms with Crippen LogP contribution in [0.1, 0.15) is 34.7 Å². The maximum absolute atomic E-state index is 13.8. The maximum atomic E-state index is 13.8. The van der Waals surface area contributed by atoms with Crippen molar-refractivity contribution in [3.8, 4) is 5.75 Å². The first-order chi connectivity index (χ1) is 17.5. The van der Waals surface area contributed by atoms with Crippen LogP contribution in [0.25, 0.3) is 11.8 Å². The summed E-state index contributed by atoms with van der Waals surface area (Å²) >= 11 is 1.46. The molecule has 1 unspecified atom stereocenters. The number of anilines is 1. The zero-order valence-corrected chi connectivity index (χ0v) is 21.4. The minimum atomic E-state index is -0.186. The van der Waals surface area contributed by atoms with E-state index >= 15 is 0 Å². The molecular formula is C30H27N3O2S. The second-order valence-electron chi connectivity index (χ2n) is 9.37. The Hall–Kier alpha value is -3.90. The topological polar surface area (TPSA) is 46.8 Å². The highest BCUT2D eigenvalue weighted by atomic mass is 32.1. The highest BCUT2D eigenvalue weighted by Crippen LogP contribution is 2.41. The van der Waals surface area contributed by atoms with Crippen molar-refractivity contribution in [2.24, 2.45) is 4.99 Å². The van der Waals surface area contributed by atoms with Crippen LogP contribution >= 0.6 is 11.3 Å². The van der Waals surface area contributed by atoms with E-state index in [4.69, 9.17) is 9.73 Å². The smallest absolute Gasteiger partial charge is 0.271 e. The standard InChI is InChI=1S/C30H27N3O2S/c1-32(2)22-13-8-19(9-14-22)18-26-29(34)33-28(21-10-15-23(35-3)16-11-21)25-17-12-20-6-4-5-7-24(20)27(25)31-30(33)36-26/h4-11,13-16,18,28H,12,17H2,1-3H3/b26-18-. The zero-order valence-electron chi connectivity index (χ0n) is 20.6. The lowest BCUT2D eigenvalue weighted by Crippen LogP contribution is -2.38. The minimum Gasteiger partial charge on any atom is -0.497 e.